The van der Waals surface area contributed by atoms with Crippen molar-refractivity contribution in [3.05, 3.63) is 21.6 Å². The molecule has 2 aromatic heterocycles. The third kappa shape index (κ3) is 2.10. The maximum atomic E-state index is 4.44. The molecule has 2 heterocycles. The van der Waals surface area contributed by atoms with Gasteiger partial charge in [-0.25, -0.2) is 9.97 Å². The highest BCUT2D eigenvalue weighted by Crippen LogP contribution is 2.19. The molecule has 0 saturated carbocycles. The lowest BCUT2D eigenvalue weighted by molar-refractivity contribution is 0.783. The fourth-order valence-electron chi connectivity index (χ4n) is 1.27. The molecule has 6 heteroatoms. The average molecular weight is 287 g/mol. The fourth-order valence-corrected chi connectivity index (χ4v) is 2.48. The molecule has 0 atom stereocenters. The summed E-state index contributed by atoms with van der Waals surface area (Å²) in [5.41, 5.74) is 0. The lowest BCUT2D eigenvalue weighted by atomic mass is 10.4. The van der Waals surface area contributed by atoms with Crippen molar-refractivity contribution in [1.29, 1.82) is 0 Å². The van der Waals surface area contributed by atoms with Crippen molar-refractivity contribution >= 4 is 27.3 Å². The first-order valence-electron chi connectivity index (χ1n) is 4.80. The molecule has 0 aliphatic heterocycles. The molecule has 0 aliphatic rings. The van der Waals surface area contributed by atoms with Gasteiger partial charge in [0.25, 0.3) is 0 Å². The normalized spacial score (nSPS) is 10.9. The van der Waals surface area contributed by atoms with Crippen LogP contribution in [0.2, 0.25) is 0 Å². The van der Waals surface area contributed by atoms with Gasteiger partial charge < -0.3 is 0 Å². The van der Waals surface area contributed by atoms with E-state index in [2.05, 4.69) is 44.8 Å². The van der Waals surface area contributed by atoms with Crippen molar-refractivity contribution < 1.29 is 0 Å². The minimum atomic E-state index is 0.845. The molecule has 0 bridgehead atoms. The highest BCUT2D eigenvalue weighted by Gasteiger charge is 2.11. The van der Waals surface area contributed by atoms with E-state index in [-0.39, 0.29) is 0 Å². The predicted octanol–water partition coefficient (Wildman–Crippen LogP) is 2.61. The van der Waals surface area contributed by atoms with E-state index in [1.807, 2.05) is 10.1 Å². The number of rotatable bonds is 3. The molecule has 0 aromatic carbocycles. The second kappa shape index (κ2) is 4.40. The molecule has 0 spiro atoms. The summed E-state index contributed by atoms with van der Waals surface area (Å²) >= 11 is 4.90. The van der Waals surface area contributed by atoms with Crippen LogP contribution >= 0.6 is 27.3 Å². The number of nitrogens with zero attached hydrogens (tertiary/aromatic N) is 4. The zero-order valence-corrected chi connectivity index (χ0v) is 11.0. The van der Waals surface area contributed by atoms with Crippen molar-refractivity contribution in [2.75, 3.05) is 0 Å². The molecule has 0 aliphatic carbocycles. The lowest BCUT2D eigenvalue weighted by Gasteiger charge is -1.97. The minimum Gasteiger partial charge on any atom is -0.216 e. The van der Waals surface area contributed by atoms with Crippen LogP contribution in [0.4, 0.5) is 0 Å². The Morgan fingerprint density at radius 2 is 2.13 bits per heavy atom. The predicted molar refractivity (Wildman–Crippen MR) is 63.5 cm³/mol. The molecule has 15 heavy (non-hydrogen) atoms. The second-order valence-corrected chi connectivity index (χ2v) is 4.67. The van der Waals surface area contributed by atoms with Gasteiger partial charge in [-0.15, -0.1) is 16.4 Å². The molecule has 0 N–H and O–H groups in total. The topological polar surface area (TPSA) is 43.6 Å². The number of aromatic nitrogens is 4. The molecule has 80 valence electrons. The first kappa shape index (κ1) is 10.8. The van der Waals surface area contributed by atoms with E-state index in [0.717, 1.165) is 34.2 Å². The highest BCUT2D eigenvalue weighted by atomic mass is 79.9. The summed E-state index contributed by atoms with van der Waals surface area (Å²) in [6.45, 7) is 4.12. The molecule has 2 rings (SSSR count). The largest absolute Gasteiger partial charge is 0.216 e. The molecule has 0 amide bonds. The summed E-state index contributed by atoms with van der Waals surface area (Å²) in [5, 5.41) is 7.23. The van der Waals surface area contributed by atoms with Crippen molar-refractivity contribution in [3.8, 4) is 5.13 Å². The van der Waals surface area contributed by atoms with Gasteiger partial charge >= 0.3 is 0 Å². The number of hydrogen-bond acceptors (Lipinski definition) is 4. The zero-order valence-electron chi connectivity index (χ0n) is 8.57. The maximum absolute atomic E-state index is 4.44. The summed E-state index contributed by atoms with van der Waals surface area (Å²) in [6, 6.07) is 0. The maximum Gasteiger partial charge on any atom is 0.213 e. The molecule has 0 saturated heterocycles. The molecule has 0 radical (unpaired) electrons. The Balaban J connectivity index is 2.46. The van der Waals surface area contributed by atoms with E-state index < -0.39 is 0 Å². The van der Waals surface area contributed by atoms with Crippen LogP contribution in [0.1, 0.15) is 25.5 Å². The summed E-state index contributed by atoms with van der Waals surface area (Å²) in [7, 11) is 0. The Morgan fingerprint density at radius 1 is 1.33 bits per heavy atom. The molecule has 4 nitrogen and oxygen atoms in total. The van der Waals surface area contributed by atoms with Crippen LogP contribution in [0.25, 0.3) is 5.13 Å². The van der Waals surface area contributed by atoms with Crippen LogP contribution in [0, 0.1) is 0 Å². The molecule has 0 fully saturated rings. The van der Waals surface area contributed by atoms with Gasteiger partial charge in [0.15, 0.2) is 5.82 Å². The van der Waals surface area contributed by atoms with Crippen molar-refractivity contribution in [2.24, 2.45) is 0 Å². The van der Waals surface area contributed by atoms with Gasteiger partial charge in [-0.05, 0) is 15.9 Å². The number of halogens is 1. The molecular weight excluding hydrogens is 276 g/mol. The van der Waals surface area contributed by atoms with Gasteiger partial charge in [-0.2, -0.15) is 4.68 Å². The van der Waals surface area contributed by atoms with Crippen molar-refractivity contribution in [1.82, 2.24) is 19.7 Å². The Kier molecular flexibility index (Phi) is 3.16. The quantitative estimate of drug-likeness (QED) is 0.871. The lowest BCUT2D eigenvalue weighted by Crippen LogP contribution is -2.01. The SMILES string of the molecule is CCc1nc(CC)n(-c2nc(Br)cs2)n1. The summed E-state index contributed by atoms with van der Waals surface area (Å²) in [4.78, 5) is 8.77. The second-order valence-electron chi connectivity index (χ2n) is 3.02. The van der Waals surface area contributed by atoms with Gasteiger partial charge in [-0.3, -0.25) is 0 Å². The van der Waals surface area contributed by atoms with E-state index in [9.17, 15) is 0 Å². The summed E-state index contributed by atoms with van der Waals surface area (Å²) < 4.78 is 2.67. The molecule has 2 aromatic rings. The Morgan fingerprint density at radius 3 is 2.67 bits per heavy atom. The van der Waals surface area contributed by atoms with E-state index >= 15 is 0 Å². The van der Waals surface area contributed by atoms with Crippen LogP contribution in [0.3, 0.4) is 0 Å². The van der Waals surface area contributed by atoms with Crippen LogP contribution in [-0.4, -0.2) is 19.7 Å². The summed E-state index contributed by atoms with van der Waals surface area (Å²) in [5.74, 6) is 1.84. The fraction of sp³-hybridized carbons (Fsp3) is 0.444. The van der Waals surface area contributed by atoms with Gasteiger partial charge in [0.05, 0.1) is 0 Å². The molecule has 0 unspecified atom stereocenters. The number of hydrogen-bond donors (Lipinski definition) is 0. The minimum absolute atomic E-state index is 0.845. The van der Waals surface area contributed by atoms with E-state index in [0.29, 0.717) is 0 Å². The van der Waals surface area contributed by atoms with E-state index in [4.69, 9.17) is 0 Å². The third-order valence-electron chi connectivity index (χ3n) is 2.00. The van der Waals surface area contributed by atoms with Gasteiger partial charge in [0.2, 0.25) is 5.13 Å². The van der Waals surface area contributed by atoms with Crippen LogP contribution in [0.15, 0.2) is 9.98 Å². The van der Waals surface area contributed by atoms with Crippen LogP contribution < -0.4 is 0 Å². The Labute approximate surface area is 101 Å². The van der Waals surface area contributed by atoms with Gasteiger partial charge in [0, 0.05) is 18.2 Å². The van der Waals surface area contributed by atoms with E-state index in [1.54, 1.807) is 11.3 Å². The summed E-state index contributed by atoms with van der Waals surface area (Å²) in [6.07, 6.45) is 1.72. The monoisotopic (exact) mass is 286 g/mol. The zero-order chi connectivity index (χ0) is 10.8. The standard InChI is InChI=1S/C9H11BrN4S/c1-3-7-12-8(4-2)14(13-7)9-11-6(10)5-15-9/h5H,3-4H2,1-2H3. The van der Waals surface area contributed by atoms with Crippen LogP contribution in [-0.2, 0) is 12.8 Å². The Hall–Kier alpha value is -0.750. The average Bonchev–Trinajstić information content (AvgIpc) is 2.82. The van der Waals surface area contributed by atoms with Crippen molar-refractivity contribution in [3.63, 3.8) is 0 Å². The van der Waals surface area contributed by atoms with E-state index in [1.165, 1.54) is 0 Å². The molecular formula is C9H11BrN4S. The number of thiazole rings is 1. The Bertz CT molecular complexity index is 462. The number of aryl methyl sites for hydroxylation is 2. The van der Waals surface area contributed by atoms with Crippen molar-refractivity contribution in [2.45, 2.75) is 26.7 Å². The highest BCUT2D eigenvalue weighted by molar-refractivity contribution is 9.10. The van der Waals surface area contributed by atoms with Gasteiger partial charge in [0.1, 0.15) is 10.4 Å². The van der Waals surface area contributed by atoms with Crippen LogP contribution in [0.5, 0.6) is 0 Å². The third-order valence-corrected chi connectivity index (χ3v) is 3.52. The first-order chi connectivity index (χ1) is 7.24. The van der Waals surface area contributed by atoms with Gasteiger partial charge in [-0.1, -0.05) is 13.8 Å². The first-order valence-corrected chi connectivity index (χ1v) is 6.48. The smallest absolute Gasteiger partial charge is 0.213 e.